The number of amides is 2. The van der Waals surface area contributed by atoms with Gasteiger partial charge in [0.05, 0.1) is 4.70 Å². The maximum absolute atomic E-state index is 12.9. The third-order valence-corrected chi connectivity index (χ3v) is 6.50. The highest BCUT2D eigenvalue weighted by Gasteiger charge is 2.22. The van der Waals surface area contributed by atoms with Crippen LogP contribution in [0.4, 0.5) is 11.4 Å². The van der Waals surface area contributed by atoms with Gasteiger partial charge >= 0.3 is 0 Å². The molecule has 1 aromatic heterocycles. The van der Waals surface area contributed by atoms with E-state index < -0.39 is 0 Å². The van der Waals surface area contributed by atoms with E-state index in [4.69, 9.17) is 0 Å². The van der Waals surface area contributed by atoms with Gasteiger partial charge in [-0.05, 0) is 54.0 Å². The number of anilines is 2. The highest BCUT2D eigenvalue weighted by molar-refractivity contribution is 7.13. The minimum Gasteiger partial charge on any atom is -0.368 e. The first-order valence-corrected chi connectivity index (χ1v) is 11.3. The first-order chi connectivity index (χ1) is 15.7. The van der Waals surface area contributed by atoms with Crippen LogP contribution in [0, 0.1) is 0 Å². The molecular weight excluding hydrogens is 420 g/mol. The van der Waals surface area contributed by atoms with E-state index in [2.05, 4.69) is 26.7 Å². The lowest BCUT2D eigenvalue weighted by atomic mass is 10.1. The van der Waals surface area contributed by atoms with Crippen molar-refractivity contribution >= 4 is 44.8 Å². The first-order valence-electron chi connectivity index (χ1n) is 10.5. The molecule has 0 spiro atoms. The standard InChI is InChI=1S/C25H22N4O2S/c30-24(23-21-8-4-5-9-22(21)32-27-23)26-19-12-10-18(11-13-19)25(31)29-16-14-28(15-17-29)20-6-2-1-3-7-20/h1-13H,14-17H2,(H,26,30). The van der Waals surface area contributed by atoms with Crippen molar-refractivity contribution in [3.8, 4) is 0 Å². The normalized spacial score (nSPS) is 13.9. The van der Waals surface area contributed by atoms with Crippen LogP contribution < -0.4 is 10.2 Å². The van der Waals surface area contributed by atoms with Crippen molar-refractivity contribution < 1.29 is 9.59 Å². The molecular formula is C25H22N4O2S. The fraction of sp³-hybridized carbons (Fsp3) is 0.160. The van der Waals surface area contributed by atoms with Crippen LogP contribution in [0.1, 0.15) is 20.8 Å². The maximum Gasteiger partial charge on any atom is 0.276 e. The van der Waals surface area contributed by atoms with E-state index in [1.54, 1.807) is 24.3 Å². The second-order valence-electron chi connectivity index (χ2n) is 7.67. The van der Waals surface area contributed by atoms with Gasteiger partial charge in [0.25, 0.3) is 11.8 Å². The topological polar surface area (TPSA) is 65.5 Å². The number of carbonyl (C=O) groups excluding carboxylic acids is 2. The summed E-state index contributed by atoms with van der Waals surface area (Å²) in [5, 5.41) is 3.72. The molecule has 1 saturated heterocycles. The van der Waals surface area contributed by atoms with E-state index in [1.165, 1.54) is 17.2 Å². The predicted octanol–water partition coefficient (Wildman–Crippen LogP) is 4.51. The molecule has 1 fully saturated rings. The van der Waals surface area contributed by atoms with Crippen LogP contribution in [0.25, 0.3) is 10.1 Å². The van der Waals surface area contributed by atoms with Crippen molar-refractivity contribution in [2.24, 2.45) is 0 Å². The number of rotatable bonds is 4. The number of carbonyl (C=O) groups is 2. The molecule has 0 radical (unpaired) electrons. The quantitative estimate of drug-likeness (QED) is 0.505. The van der Waals surface area contributed by atoms with Gasteiger partial charge in [-0.2, -0.15) is 4.37 Å². The highest BCUT2D eigenvalue weighted by Crippen LogP contribution is 2.23. The Kier molecular flexibility index (Phi) is 5.56. The fourth-order valence-corrected chi connectivity index (χ4v) is 4.70. The lowest BCUT2D eigenvalue weighted by Gasteiger charge is -2.36. The van der Waals surface area contributed by atoms with Gasteiger partial charge in [-0.3, -0.25) is 9.59 Å². The Morgan fingerprint density at radius 1 is 0.812 bits per heavy atom. The second-order valence-corrected chi connectivity index (χ2v) is 8.48. The van der Waals surface area contributed by atoms with Gasteiger partial charge in [-0.1, -0.05) is 36.4 Å². The van der Waals surface area contributed by atoms with E-state index in [9.17, 15) is 9.59 Å². The SMILES string of the molecule is O=C(Nc1ccc(C(=O)N2CCN(c3ccccc3)CC2)cc1)c1nsc2ccccc12. The van der Waals surface area contributed by atoms with Crippen LogP contribution in [-0.2, 0) is 0 Å². The lowest BCUT2D eigenvalue weighted by molar-refractivity contribution is 0.0746. The number of fused-ring (bicyclic) bond motifs is 1. The maximum atomic E-state index is 12.9. The van der Waals surface area contributed by atoms with Crippen molar-refractivity contribution in [1.29, 1.82) is 0 Å². The van der Waals surface area contributed by atoms with Crippen LogP contribution in [0.15, 0.2) is 78.9 Å². The number of piperazine rings is 1. The zero-order valence-corrected chi connectivity index (χ0v) is 18.2. The summed E-state index contributed by atoms with van der Waals surface area (Å²) in [6.07, 6.45) is 0. The largest absolute Gasteiger partial charge is 0.368 e. The molecule has 0 atom stereocenters. The van der Waals surface area contributed by atoms with E-state index in [1.807, 2.05) is 47.4 Å². The van der Waals surface area contributed by atoms with Gasteiger partial charge in [0.15, 0.2) is 0 Å². The summed E-state index contributed by atoms with van der Waals surface area (Å²) in [6, 6.07) is 25.0. The molecule has 4 aromatic rings. The number of nitrogens with one attached hydrogen (secondary N) is 1. The third kappa shape index (κ3) is 4.07. The Balaban J connectivity index is 1.21. The minimum absolute atomic E-state index is 0.0149. The smallest absolute Gasteiger partial charge is 0.276 e. The molecule has 1 aliphatic rings. The average molecular weight is 443 g/mol. The van der Waals surface area contributed by atoms with Crippen molar-refractivity contribution in [2.45, 2.75) is 0 Å². The van der Waals surface area contributed by atoms with Gasteiger partial charge in [0.2, 0.25) is 0 Å². The summed E-state index contributed by atoms with van der Waals surface area (Å²) >= 11 is 1.31. The van der Waals surface area contributed by atoms with E-state index in [-0.39, 0.29) is 11.8 Å². The Hall–Kier alpha value is -3.71. The Labute approximate surface area is 190 Å². The van der Waals surface area contributed by atoms with Crippen LogP contribution >= 0.6 is 11.5 Å². The molecule has 0 saturated carbocycles. The second kappa shape index (κ2) is 8.80. The van der Waals surface area contributed by atoms with Crippen LogP contribution in [-0.4, -0.2) is 47.3 Å². The number of nitrogens with zero attached hydrogens (tertiary/aromatic N) is 3. The summed E-state index contributed by atoms with van der Waals surface area (Å²) in [7, 11) is 0. The number of hydrogen-bond acceptors (Lipinski definition) is 5. The molecule has 32 heavy (non-hydrogen) atoms. The van der Waals surface area contributed by atoms with Gasteiger partial charge in [0, 0.05) is 48.5 Å². The summed E-state index contributed by atoms with van der Waals surface area (Å²) < 4.78 is 5.27. The summed E-state index contributed by atoms with van der Waals surface area (Å²) in [6.45, 7) is 2.99. The zero-order valence-electron chi connectivity index (χ0n) is 17.4. The Morgan fingerprint density at radius 2 is 1.50 bits per heavy atom. The van der Waals surface area contributed by atoms with Gasteiger partial charge < -0.3 is 15.1 Å². The van der Waals surface area contributed by atoms with Crippen LogP contribution in [0.2, 0.25) is 0 Å². The van der Waals surface area contributed by atoms with Crippen molar-refractivity contribution in [3.05, 3.63) is 90.1 Å². The highest BCUT2D eigenvalue weighted by atomic mass is 32.1. The molecule has 3 aromatic carbocycles. The fourth-order valence-electron chi connectivity index (χ4n) is 3.93. The monoisotopic (exact) mass is 442 g/mol. The van der Waals surface area contributed by atoms with Crippen molar-refractivity contribution in [1.82, 2.24) is 9.27 Å². The van der Waals surface area contributed by atoms with Gasteiger partial charge in [-0.25, -0.2) is 0 Å². The van der Waals surface area contributed by atoms with Crippen LogP contribution in [0.5, 0.6) is 0 Å². The molecule has 7 heteroatoms. The van der Waals surface area contributed by atoms with Gasteiger partial charge in [0.1, 0.15) is 5.69 Å². The average Bonchev–Trinajstić information content (AvgIpc) is 3.29. The molecule has 0 aliphatic carbocycles. The summed E-state index contributed by atoms with van der Waals surface area (Å²) in [4.78, 5) is 29.8. The molecule has 0 bridgehead atoms. The molecule has 2 heterocycles. The van der Waals surface area contributed by atoms with Crippen molar-refractivity contribution in [3.63, 3.8) is 0 Å². The molecule has 1 N–H and O–H groups in total. The molecule has 6 nitrogen and oxygen atoms in total. The van der Waals surface area contributed by atoms with Crippen LogP contribution in [0.3, 0.4) is 0 Å². The summed E-state index contributed by atoms with van der Waals surface area (Å²) in [5.74, 6) is -0.236. The number of para-hydroxylation sites is 1. The third-order valence-electron chi connectivity index (χ3n) is 5.67. The zero-order chi connectivity index (χ0) is 21.9. The molecule has 5 rings (SSSR count). The summed E-state index contributed by atoms with van der Waals surface area (Å²) in [5.41, 5.74) is 2.86. The predicted molar refractivity (Wildman–Crippen MR) is 129 cm³/mol. The first kappa shape index (κ1) is 20.2. The molecule has 160 valence electrons. The number of aromatic nitrogens is 1. The molecule has 0 unspecified atom stereocenters. The van der Waals surface area contributed by atoms with Gasteiger partial charge in [-0.15, -0.1) is 0 Å². The van der Waals surface area contributed by atoms with E-state index >= 15 is 0 Å². The minimum atomic E-state index is -0.251. The molecule has 1 aliphatic heterocycles. The van der Waals surface area contributed by atoms with E-state index in [0.717, 1.165) is 23.2 Å². The Bertz CT molecular complexity index is 1250. The molecule has 2 amide bonds. The lowest BCUT2D eigenvalue weighted by Crippen LogP contribution is -2.48. The number of hydrogen-bond donors (Lipinski definition) is 1. The number of benzene rings is 3. The van der Waals surface area contributed by atoms with E-state index in [0.29, 0.717) is 30.0 Å². The van der Waals surface area contributed by atoms with Crippen molar-refractivity contribution in [2.75, 3.05) is 36.4 Å². The Morgan fingerprint density at radius 3 is 2.25 bits per heavy atom.